The largest absolute Gasteiger partial charge is 0.458 e. The Morgan fingerprint density at radius 1 is 1.15 bits per heavy atom. The van der Waals surface area contributed by atoms with Gasteiger partial charge in [-0.05, 0) is 68.8 Å². The number of esters is 1. The number of hydrogen-bond acceptors (Lipinski definition) is 3. The molecule has 0 aromatic heterocycles. The van der Waals surface area contributed by atoms with Crippen LogP contribution in [0.2, 0.25) is 0 Å². The van der Waals surface area contributed by atoms with Gasteiger partial charge < -0.3 is 9.84 Å². The van der Waals surface area contributed by atoms with E-state index in [-0.39, 0.29) is 12.1 Å². The summed E-state index contributed by atoms with van der Waals surface area (Å²) in [5, 5.41) is 9.64. The smallest absolute Gasteiger partial charge is 0.338 e. The molecule has 0 radical (unpaired) electrons. The predicted octanol–water partition coefficient (Wildman–Crippen LogP) is 3.14. The molecule has 2 saturated carbocycles. The minimum atomic E-state index is -0.185. The second kappa shape index (κ2) is 5.72. The number of aliphatic hydroxyl groups is 1. The SMILES string of the molecule is O=C1OCC=C1/C=C\C1CCC2(CCC(O)CC2)CC1. The zero-order valence-corrected chi connectivity index (χ0v) is 12.0. The fourth-order valence-electron chi connectivity index (χ4n) is 3.91. The van der Waals surface area contributed by atoms with Crippen molar-refractivity contribution in [2.24, 2.45) is 11.3 Å². The Morgan fingerprint density at radius 3 is 2.40 bits per heavy atom. The van der Waals surface area contributed by atoms with E-state index >= 15 is 0 Å². The molecule has 0 aromatic carbocycles. The fraction of sp³-hybridized carbons (Fsp3) is 0.706. The lowest BCUT2D eigenvalue weighted by Gasteiger charge is -2.43. The topological polar surface area (TPSA) is 46.5 Å². The summed E-state index contributed by atoms with van der Waals surface area (Å²) in [6, 6.07) is 0. The van der Waals surface area contributed by atoms with E-state index in [2.05, 4.69) is 6.08 Å². The van der Waals surface area contributed by atoms with E-state index in [0.717, 1.165) is 12.8 Å². The fourth-order valence-corrected chi connectivity index (χ4v) is 3.91. The van der Waals surface area contributed by atoms with Crippen molar-refractivity contribution in [1.82, 2.24) is 0 Å². The molecule has 0 atom stereocenters. The second-order valence-electron chi connectivity index (χ2n) is 6.69. The third-order valence-electron chi connectivity index (χ3n) is 5.41. The van der Waals surface area contributed by atoms with E-state index in [1.165, 1.54) is 38.5 Å². The average molecular weight is 276 g/mol. The Hall–Kier alpha value is -1.09. The molecule has 1 aliphatic heterocycles. The van der Waals surface area contributed by atoms with Crippen LogP contribution in [0.15, 0.2) is 23.8 Å². The number of allylic oxidation sites excluding steroid dienone is 1. The molecule has 1 spiro atoms. The van der Waals surface area contributed by atoms with Crippen molar-refractivity contribution >= 4 is 5.97 Å². The van der Waals surface area contributed by atoms with E-state index in [0.29, 0.717) is 23.5 Å². The lowest BCUT2D eigenvalue weighted by molar-refractivity contribution is -0.135. The van der Waals surface area contributed by atoms with Gasteiger partial charge in [0.1, 0.15) is 6.61 Å². The Balaban J connectivity index is 1.51. The molecular weight excluding hydrogens is 252 g/mol. The van der Waals surface area contributed by atoms with Crippen LogP contribution in [0.3, 0.4) is 0 Å². The first-order chi connectivity index (χ1) is 9.67. The zero-order chi connectivity index (χ0) is 14.0. The van der Waals surface area contributed by atoms with Crippen molar-refractivity contribution in [3.05, 3.63) is 23.8 Å². The second-order valence-corrected chi connectivity index (χ2v) is 6.69. The summed E-state index contributed by atoms with van der Waals surface area (Å²) in [5.41, 5.74) is 1.22. The van der Waals surface area contributed by atoms with Crippen molar-refractivity contribution in [3.8, 4) is 0 Å². The molecule has 1 N–H and O–H groups in total. The number of cyclic esters (lactones) is 1. The maximum absolute atomic E-state index is 11.4. The first kappa shape index (κ1) is 13.9. The van der Waals surface area contributed by atoms with Gasteiger partial charge in [0, 0.05) is 0 Å². The van der Waals surface area contributed by atoms with E-state index in [1.54, 1.807) is 0 Å². The van der Waals surface area contributed by atoms with Gasteiger partial charge in [0.25, 0.3) is 0 Å². The van der Waals surface area contributed by atoms with Gasteiger partial charge in [-0.2, -0.15) is 0 Å². The molecule has 0 unspecified atom stereocenters. The molecule has 3 heteroatoms. The Bertz CT molecular complexity index is 418. The normalized spacial score (nSPS) is 38.2. The van der Waals surface area contributed by atoms with Crippen molar-refractivity contribution in [1.29, 1.82) is 0 Å². The predicted molar refractivity (Wildman–Crippen MR) is 77.0 cm³/mol. The number of carbonyl (C=O) groups excluding carboxylic acids is 1. The number of ether oxygens (including phenoxy) is 1. The monoisotopic (exact) mass is 276 g/mol. The van der Waals surface area contributed by atoms with Crippen molar-refractivity contribution < 1.29 is 14.6 Å². The summed E-state index contributed by atoms with van der Waals surface area (Å²) < 4.78 is 4.90. The third kappa shape index (κ3) is 2.98. The molecule has 3 aliphatic rings. The molecular formula is C17H24O3. The van der Waals surface area contributed by atoms with Gasteiger partial charge in [0.15, 0.2) is 0 Å². The van der Waals surface area contributed by atoms with E-state index < -0.39 is 0 Å². The van der Waals surface area contributed by atoms with Crippen LogP contribution in [0.1, 0.15) is 51.4 Å². The van der Waals surface area contributed by atoms with Gasteiger partial charge in [0.2, 0.25) is 0 Å². The van der Waals surface area contributed by atoms with Gasteiger partial charge in [-0.25, -0.2) is 4.79 Å². The Morgan fingerprint density at radius 2 is 1.80 bits per heavy atom. The van der Waals surface area contributed by atoms with Gasteiger partial charge in [0.05, 0.1) is 11.7 Å². The van der Waals surface area contributed by atoms with Crippen LogP contribution >= 0.6 is 0 Å². The summed E-state index contributed by atoms with van der Waals surface area (Å²) in [6.45, 7) is 0.425. The van der Waals surface area contributed by atoms with E-state index in [1.807, 2.05) is 12.2 Å². The summed E-state index contributed by atoms with van der Waals surface area (Å²) in [6.07, 6.45) is 15.3. The molecule has 2 aliphatic carbocycles. The molecule has 20 heavy (non-hydrogen) atoms. The highest BCUT2D eigenvalue weighted by Crippen LogP contribution is 2.49. The van der Waals surface area contributed by atoms with E-state index in [9.17, 15) is 9.90 Å². The molecule has 3 nitrogen and oxygen atoms in total. The minimum absolute atomic E-state index is 0.0569. The van der Waals surface area contributed by atoms with Crippen molar-refractivity contribution in [2.75, 3.05) is 6.61 Å². The lowest BCUT2D eigenvalue weighted by Crippen LogP contribution is -2.33. The average Bonchev–Trinajstić information content (AvgIpc) is 2.87. The molecule has 0 bridgehead atoms. The summed E-state index contributed by atoms with van der Waals surface area (Å²) in [4.78, 5) is 11.4. The molecule has 2 fully saturated rings. The van der Waals surface area contributed by atoms with Crippen molar-refractivity contribution in [3.63, 3.8) is 0 Å². The highest BCUT2D eigenvalue weighted by molar-refractivity contribution is 5.93. The summed E-state index contributed by atoms with van der Waals surface area (Å²) in [5.74, 6) is 0.413. The van der Waals surface area contributed by atoms with Gasteiger partial charge >= 0.3 is 5.97 Å². The Labute approximate surface area is 120 Å². The molecule has 0 aromatic rings. The zero-order valence-electron chi connectivity index (χ0n) is 12.0. The molecule has 3 rings (SSSR count). The third-order valence-corrected chi connectivity index (χ3v) is 5.41. The highest BCUT2D eigenvalue weighted by atomic mass is 16.5. The van der Waals surface area contributed by atoms with Crippen LogP contribution in [-0.4, -0.2) is 23.8 Å². The first-order valence-corrected chi connectivity index (χ1v) is 7.90. The number of carbonyl (C=O) groups is 1. The van der Waals surface area contributed by atoms with Crippen LogP contribution in [0.5, 0.6) is 0 Å². The van der Waals surface area contributed by atoms with Crippen LogP contribution in [0.25, 0.3) is 0 Å². The molecule has 1 heterocycles. The summed E-state index contributed by atoms with van der Waals surface area (Å²) >= 11 is 0. The minimum Gasteiger partial charge on any atom is -0.458 e. The standard InChI is InChI=1S/C17H24O3/c18-15-5-10-17(11-6-15)8-3-13(4-9-17)1-2-14-7-12-20-16(14)19/h1-2,7,13,15,18H,3-6,8-12H2/b2-1-. The Kier molecular flexibility index (Phi) is 3.97. The number of aliphatic hydroxyl groups excluding tert-OH is 1. The first-order valence-electron chi connectivity index (χ1n) is 7.90. The van der Waals surface area contributed by atoms with Gasteiger partial charge in [-0.3, -0.25) is 0 Å². The highest BCUT2D eigenvalue weighted by Gasteiger charge is 2.37. The van der Waals surface area contributed by atoms with Crippen LogP contribution in [0, 0.1) is 11.3 Å². The van der Waals surface area contributed by atoms with Crippen molar-refractivity contribution in [2.45, 2.75) is 57.5 Å². The quantitative estimate of drug-likeness (QED) is 0.788. The van der Waals surface area contributed by atoms with Gasteiger partial charge in [-0.1, -0.05) is 12.2 Å². The van der Waals surface area contributed by atoms with E-state index in [4.69, 9.17) is 4.74 Å². The maximum atomic E-state index is 11.4. The number of hydrogen-bond donors (Lipinski definition) is 1. The van der Waals surface area contributed by atoms with Crippen LogP contribution in [0.4, 0.5) is 0 Å². The summed E-state index contributed by atoms with van der Waals surface area (Å²) in [7, 11) is 0. The lowest BCUT2D eigenvalue weighted by atomic mass is 9.63. The molecule has 110 valence electrons. The van der Waals surface area contributed by atoms with Crippen LogP contribution < -0.4 is 0 Å². The molecule has 0 saturated heterocycles. The van der Waals surface area contributed by atoms with Gasteiger partial charge in [-0.15, -0.1) is 0 Å². The maximum Gasteiger partial charge on any atom is 0.338 e. The van der Waals surface area contributed by atoms with Crippen LogP contribution in [-0.2, 0) is 9.53 Å². The molecule has 0 amide bonds. The number of rotatable bonds is 2.